The molecule has 12 rings (SSSR count). The van der Waals surface area contributed by atoms with E-state index >= 15 is 0 Å². The van der Waals surface area contributed by atoms with Crippen molar-refractivity contribution in [1.82, 2.24) is 9.13 Å². The molecule has 0 saturated carbocycles. The number of fused-ring (bicyclic) bond motifs is 2. The van der Waals surface area contributed by atoms with E-state index in [1.54, 1.807) is 0 Å². The van der Waals surface area contributed by atoms with E-state index in [-0.39, 0.29) is 0 Å². The van der Waals surface area contributed by atoms with E-state index in [9.17, 15) is 0 Å². The SMILES string of the molecule is c1cc2c3c(c1)c1cccc4c1n3-c1c(cc(Cc3cc5c6c(c3)Cc3cccc7c8cccc(c8n-6c37)C5)cc1C4)C2. The molecule has 0 amide bonds. The van der Waals surface area contributed by atoms with Crippen LogP contribution >= 0.6 is 0 Å². The Morgan fingerprint density at radius 2 is 0.674 bits per heavy atom. The third-order valence-corrected chi connectivity index (χ3v) is 11.0. The maximum Gasteiger partial charge on any atom is 0.0576 e. The van der Waals surface area contributed by atoms with Crippen molar-refractivity contribution in [3.63, 3.8) is 0 Å². The second kappa shape index (κ2) is 7.10. The highest BCUT2D eigenvalue weighted by atomic mass is 15.0. The Morgan fingerprint density at radius 3 is 0.977 bits per heavy atom. The zero-order valence-corrected chi connectivity index (χ0v) is 23.7. The summed E-state index contributed by atoms with van der Waals surface area (Å²) in [4.78, 5) is 0. The van der Waals surface area contributed by atoms with Gasteiger partial charge in [0.25, 0.3) is 0 Å². The van der Waals surface area contributed by atoms with E-state index in [4.69, 9.17) is 0 Å². The highest BCUT2D eigenvalue weighted by molar-refractivity contribution is 6.14. The van der Waals surface area contributed by atoms with E-state index in [1.165, 1.54) is 111 Å². The fraction of sp³-hybridized carbons (Fsp3) is 0.122. The van der Waals surface area contributed by atoms with Crippen molar-refractivity contribution < 1.29 is 0 Å². The van der Waals surface area contributed by atoms with E-state index in [2.05, 4.69) is 106 Å². The van der Waals surface area contributed by atoms with Crippen LogP contribution in [-0.4, -0.2) is 9.13 Å². The van der Waals surface area contributed by atoms with Crippen LogP contribution in [-0.2, 0) is 32.1 Å². The molecule has 8 aromatic rings. The Hall–Kier alpha value is -5.08. The van der Waals surface area contributed by atoms with Gasteiger partial charge >= 0.3 is 0 Å². The number of benzene rings is 6. The summed E-state index contributed by atoms with van der Waals surface area (Å²) >= 11 is 0. The van der Waals surface area contributed by atoms with Gasteiger partial charge in [0.2, 0.25) is 0 Å². The number of para-hydroxylation sites is 4. The molecule has 0 unspecified atom stereocenters. The van der Waals surface area contributed by atoms with Crippen LogP contribution in [0.2, 0.25) is 0 Å². The highest BCUT2D eigenvalue weighted by Gasteiger charge is 2.31. The summed E-state index contributed by atoms with van der Waals surface area (Å²) in [6.07, 6.45) is 5.04. The first-order chi connectivity index (χ1) is 21.3. The summed E-state index contributed by atoms with van der Waals surface area (Å²) < 4.78 is 5.21. The minimum absolute atomic E-state index is 0.972. The zero-order valence-electron chi connectivity index (χ0n) is 23.7. The minimum Gasteiger partial charge on any atom is -0.308 e. The van der Waals surface area contributed by atoms with Crippen LogP contribution in [0.15, 0.2) is 97.1 Å². The van der Waals surface area contributed by atoms with Gasteiger partial charge in [-0.05, 0) is 62.1 Å². The molecule has 2 heteroatoms. The molecule has 0 saturated heterocycles. The third kappa shape index (κ3) is 2.47. The molecular weight excluding hydrogens is 520 g/mol. The number of hydrogen-bond donors (Lipinski definition) is 0. The molecule has 43 heavy (non-hydrogen) atoms. The normalized spacial score (nSPS) is 14.7. The summed E-state index contributed by atoms with van der Waals surface area (Å²) in [7, 11) is 0. The summed E-state index contributed by atoms with van der Waals surface area (Å²) in [5.74, 6) is 0. The predicted octanol–water partition coefficient (Wildman–Crippen LogP) is 9.09. The van der Waals surface area contributed by atoms with Crippen LogP contribution in [0.4, 0.5) is 0 Å². The molecule has 0 aliphatic carbocycles. The minimum atomic E-state index is 0.972. The number of hydrogen-bond acceptors (Lipinski definition) is 0. The van der Waals surface area contributed by atoms with E-state index < -0.39 is 0 Å². The van der Waals surface area contributed by atoms with Crippen molar-refractivity contribution >= 4 is 43.6 Å². The van der Waals surface area contributed by atoms with Crippen molar-refractivity contribution in [1.29, 1.82) is 0 Å². The van der Waals surface area contributed by atoms with Crippen LogP contribution in [0.1, 0.15) is 55.6 Å². The first-order valence-electron chi connectivity index (χ1n) is 15.7. The summed E-state index contributed by atoms with van der Waals surface area (Å²) in [5, 5.41) is 5.61. The summed E-state index contributed by atoms with van der Waals surface area (Å²) in [6.45, 7) is 0. The monoisotopic (exact) mass is 546 g/mol. The Bertz CT molecular complexity index is 2290. The molecular formula is C41H26N2. The number of nitrogens with zero attached hydrogens (tertiary/aromatic N) is 2. The lowest BCUT2D eigenvalue weighted by atomic mass is 9.86. The zero-order chi connectivity index (χ0) is 27.6. The van der Waals surface area contributed by atoms with Crippen molar-refractivity contribution in [2.24, 2.45) is 0 Å². The van der Waals surface area contributed by atoms with Gasteiger partial charge < -0.3 is 9.13 Å². The quantitative estimate of drug-likeness (QED) is 0.205. The van der Waals surface area contributed by atoms with E-state index in [0.717, 1.165) is 32.1 Å². The molecule has 4 aliphatic heterocycles. The Labute approximate surface area is 248 Å². The average molecular weight is 547 g/mol. The van der Waals surface area contributed by atoms with Gasteiger partial charge in [-0.25, -0.2) is 0 Å². The largest absolute Gasteiger partial charge is 0.308 e. The second-order valence-electron chi connectivity index (χ2n) is 13.3. The van der Waals surface area contributed by atoms with Gasteiger partial charge in [-0.3, -0.25) is 0 Å². The van der Waals surface area contributed by atoms with Gasteiger partial charge in [-0.1, -0.05) is 97.1 Å². The van der Waals surface area contributed by atoms with Crippen molar-refractivity contribution in [2.75, 3.05) is 0 Å². The Kier molecular flexibility index (Phi) is 3.57. The van der Waals surface area contributed by atoms with Gasteiger partial charge in [0.05, 0.1) is 33.4 Å². The predicted molar refractivity (Wildman–Crippen MR) is 176 cm³/mol. The molecule has 6 heterocycles. The maximum absolute atomic E-state index is 2.60. The Balaban J connectivity index is 1.04. The van der Waals surface area contributed by atoms with Crippen molar-refractivity contribution in [3.05, 3.63) is 153 Å². The molecule has 6 aromatic carbocycles. The van der Waals surface area contributed by atoms with Gasteiger partial charge in [0, 0.05) is 47.2 Å². The molecule has 0 N–H and O–H groups in total. The van der Waals surface area contributed by atoms with Crippen LogP contribution < -0.4 is 0 Å². The molecule has 4 aliphatic rings. The number of aromatic nitrogens is 2. The average Bonchev–Trinajstić information content (AvgIpc) is 3.55. The molecule has 0 spiro atoms. The summed E-state index contributed by atoms with van der Waals surface area (Å²) in [6, 6.07) is 37.7. The van der Waals surface area contributed by atoms with Crippen LogP contribution in [0.25, 0.3) is 55.0 Å². The van der Waals surface area contributed by atoms with Gasteiger partial charge in [0.15, 0.2) is 0 Å². The van der Waals surface area contributed by atoms with Crippen LogP contribution in [0, 0.1) is 0 Å². The van der Waals surface area contributed by atoms with Crippen molar-refractivity contribution in [3.8, 4) is 11.4 Å². The van der Waals surface area contributed by atoms with Crippen molar-refractivity contribution in [2.45, 2.75) is 32.1 Å². The Morgan fingerprint density at radius 1 is 0.372 bits per heavy atom. The first-order valence-corrected chi connectivity index (χ1v) is 15.7. The van der Waals surface area contributed by atoms with Crippen LogP contribution in [0.5, 0.6) is 0 Å². The molecule has 0 fully saturated rings. The molecule has 0 atom stereocenters. The smallest absolute Gasteiger partial charge is 0.0576 e. The lowest BCUT2D eigenvalue weighted by Crippen LogP contribution is -2.17. The molecule has 2 nitrogen and oxygen atoms in total. The van der Waals surface area contributed by atoms with Crippen LogP contribution in [0.3, 0.4) is 0 Å². The maximum atomic E-state index is 2.60. The van der Waals surface area contributed by atoms with E-state index in [0.29, 0.717) is 0 Å². The fourth-order valence-corrected chi connectivity index (χ4v) is 9.57. The fourth-order valence-electron chi connectivity index (χ4n) is 9.57. The highest BCUT2D eigenvalue weighted by Crippen LogP contribution is 2.47. The molecule has 0 bridgehead atoms. The number of rotatable bonds is 2. The van der Waals surface area contributed by atoms with E-state index in [1.807, 2.05) is 0 Å². The van der Waals surface area contributed by atoms with Gasteiger partial charge in [-0.15, -0.1) is 0 Å². The standard InChI is InChI=1S/C41H26N2/c1-5-24-18-28-14-22(15-29-19-25-6-2-10-33-32(9-1)38(24)42(36(28)29)39(25)33)13-23-16-30-20-26-7-3-11-34-35-12-4-8-27-21-31(17-23)37(30)43(40(26)34)41(27)35/h1-12,14-17H,13,18-21H2. The molecule has 200 valence electrons. The first kappa shape index (κ1) is 21.6. The van der Waals surface area contributed by atoms with Gasteiger partial charge in [-0.2, -0.15) is 0 Å². The lowest BCUT2D eigenvalue weighted by Gasteiger charge is -2.29. The molecule has 0 radical (unpaired) electrons. The topological polar surface area (TPSA) is 9.86 Å². The van der Waals surface area contributed by atoms with Gasteiger partial charge in [0.1, 0.15) is 0 Å². The summed E-state index contributed by atoms with van der Waals surface area (Å²) in [5.41, 5.74) is 23.3. The lowest BCUT2D eigenvalue weighted by molar-refractivity contribution is 0.953. The molecule has 2 aromatic heterocycles. The third-order valence-electron chi connectivity index (χ3n) is 11.0. The second-order valence-corrected chi connectivity index (χ2v) is 13.3.